The van der Waals surface area contributed by atoms with Crippen LogP contribution in [0.3, 0.4) is 0 Å². The average Bonchev–Trinajstić information content (AvgIpc) is 2.40. The Kier molecular flexibility index (Phi) is 5.21. The molecule has 0 spiro atoms. The summed E-state index contributed by atoms with van der Waals surface area (Å²) in [6.07, 6.45) is 2.18. The van der Waals surface area contributed by atoms with E-state index in [4.69, 9.17) is 23.2 Å². The summed E-state index contributed by atoms with van der Waals surface area (Å²) in [6.45, 7) is 5.53. The van der Waals surface area contributed by atoms with Crippen LogP contribution in [0.2, 0.25) is 10.0 Å². The third-order valence-corrected chi connectivity index (χ3v) is 6.41. The molecule has 1 aromatic carbocycles. The van der Waals surface area contributed by atoms with Gasteiger partial charge >= 0.3 is 0 Å². The van der Waals surface area contributed by atoms with Crippen molar-refractivity contribution in [1.29, 1.82) is 0 Å². The van der Waals surface area contributed by atoms with Gasteiger partial charge in [-0.25, -0.2) is 13.1 Å². The van der Waals surface area contributed by atoms with Crippen LogP contribution >= 0.6 is 23.2 Å². The van der Waals surface area contributed by atoms with Crippen molar-refractivity contribution in [2.75, 3.05) is 13.1 Å². The number of benzene rings is 1. The Morgan fingerprint density at radius 2 is 2.10 bits per heavy atom. The van der Waals surface area contributed by atoms with E-state index in [1.807, 2.05) is 0 Å². The highest BCUT2D eigenvalue weighted by Gasteiger charge is 2.33. The number of piperidine rings is 1. The topological polar surface area (TPSA) is 58.2 Å². The van der Waals surface area contributed by atoms with Crippen molar-refractivity contribution in [2.24, 2.45) is 5.41 Å². The zero-order valence-corrected chi connectivity index (χ0v) is 14.4. The van der Waals surface area contributed by atoms with E-state index in [1.54, 1.807) is 12.1 Å². The third-order valence-electron chi connectivity index (χ3n) is 4.02. The highest BCUT2D eigenvalue weighted by Crippen LogP contribution is 2.31. The molecule has 4 nitrogen and oxygen atoms in total. The highest BCUT2D eigenvalue weighted by atomic mass is 35.5. The van der Waals surface area contributed by atoms with Crippen molar-refractivity contribution in [3.63, 3.8) is 0 Å². The molecule has 0 amide bonds. The molecule has 0 radical (unpaired) electrons. The Morgan fingerprint density at radius 1 is 1.38 bits per heavy atom. The molecule has 118 valence electrons. The van der Waals surface area contributed by atoms with Crippen LogP contribution in [0.25, 0.3) is 0 Å². The molecule has 0 aliphatic carbocycles. The molecule has 1 fully saturated rings. The Labute approximate surface area is 136 Å². The number of halogens is 2. The van der Waals surface area contributed by atoms with E-state index >= 15 is 0 Å². The third kappa shape index (κ3) is 3.90. The van der Waals surface area contributed by atoms with Gasteiger partial charge < -0.3 is 5.32 Å². The quantitative estimate of drug-likeness (QED) is 0.877. The lowest BCUT2D eigenvalue weighted by atomic mass is 9.78. The second-order valence-corrected chi connectivity index (χ2v) is 8.52. The molecule has 1 atom stereocenters. The van der Waals surface area contributed by atoms with E-state index in [1.165, 1.54) is 6.07 Å². The van der Waals surface area contributed by atoms with Crippen molar-refractivity contribution in [2.45, 2.75) is 37.6 Å². The first kappa shape index (κ1) is 17.0. The second kappa shape index (κ2) is 6.42. The molecular formula is C14H20Cl2N2O2S. The molecule has 0 aromatic heterocycles. The molecule has 1 aliphatic rings. The van der Waals surface area contributed by atoms with Gasteiger partial charge in [-0.3, -0.25) is 0 Å². The average molecular weight is 351 g/mol. The SMILES string of the molecule is CC1(C)CCCNC1CNS(=O)(=O)c1cccc(Cl)c1Cl. The number of nitrogens with one attached hydrogen (secondary N) is 2. The van der Waals surface area contributed by atoms with Gasteiger partial charge in [-0.15, -0.1) is 0 Å². The van der Waals surface area contributed by atoms with Gasteiger partial charge in [0.25, 0.3) is 0 Å². The Bertz CT molecular complexity index is 617. The lowest BCUT2D eigenvalue weighted by Crippen LogP contribution is -2.52. The summed E-state index contributed by atoms with van der Waals surface area (Å²) in [7, 11) is -3.67. The maximum absolute atomic E-state index is 12.4. The normalized spacial score (nSPS) is 22.2. The molecular weight excluding hydrogens is 331 g/mol. The number of hydrogen-bond donors (Lipinski definition) is 2. The van der Waals surface area contributed by atoms with Gasteiger partial charge in [-0.05, 0) is 36.9 Å². The van der Waals surface area contributed by atoms with Gasteiger partial charge in [0.15, 0.2) is 0 Å². The van der Waals surface area contributed by atoms with E-state index < -0.39 is 10.0 Å². The number of hydrogen-bond acceptors (Lipinski definition) is 3. The molecule has 0 bridgehead atoms. The largest absolute Gasteiger partial charge is 0.312 e. The van der Waals surface area contributed by atoms with Crippen molar-refractivity contribution in [3.05, 3.63) is 28.2 Å². The van der Waals surface area contributed by atoms with Crippen LogP contribution in [-0.2, 0) is 10.0 Å². The van der Waals surface area contributed by atoms with E-state index in [9.17, 15) is 8.42 Å². The zero-order chi connectivity index (χ0) is 15.7. The molecule has 1 heterocycles. The van der Waals surface area contributed by atoms with E-state index in [-0.39, 0.29) is 26.4 Å². The molecule has 1 unspecified atom stereocenters. The van der Waals surface area contributed by atoms with Crippen LogP contribution in [0.4, 0.5) is 0 Å². The number of sulfonamides is 1. The Hall–Kier alpha value is -0.330. The highest BCUT2D eigenvalue weighted by molar-refractivity contribution is 7.89. The summed E-state index contributed by atoms with van der Waals surface area (Å²) in [4.78, 5) is 0.0188. The Balaban J connectivity index is 2.13. The first-order valence-electron chi connectivity index (χ1n) is 6.91. The molecule has 2 rings (SSSR count). The van der Waals surface area contributed by atoms with Crippen LogP contribution in [0.15, 0.2) is 23.1 Å². The van der Waals surface area contributed by atoms with E-state index in [0.29, 0.717) is 6.54 Å². The maximum atomic E-state index is 12.4. The van der Waals surface area contributed by atoms with Crippen LogP contribution < -0.4 is 10.0 Å². The van der Waals surface area contributed by atoms with Crippen LogP contribution in [0.1, 0.15) is 26.7 Å². The van der Waals surface area contributed by atoms with Gasteiger partial charge in [0.05, 0.1) is 10.0 Å². The fraction of sp³-hybridized carbons (Fsp3) is 0.571. The molecule has 7 heteroatoms. The van der Waals surface area contributed by atoms with Gasteiger partial charge in [0, 0.05) is 12.6 Å². The summed E-state index contributed by atoms with van der Waals surface area (Å²) in [6, 6.07) is 4.69. The van der Waals surface area contributed by atoms with Crippen LogP contribution in [-0.4, -0.2) is 27.5 Å². The summed E-state index contributed by atoms with van der Waals surface area (Å²) in [5.74, 6) is 0. The smallest absolute Gasteiger partial charge is 0.242 e. The predicted octanol–water partition coefficient (Wildman–Crippen LogP) is 3.05. The summed E-state index contributed by atoms with van der Waals surface area (Å²) < 4.78 is 27.4. The molecule has 1 saturated heterocycles. The summed E-state index contributed by atoms with van der Waals surface area (Å²) in [5.41, 5.74) is 0.0545. The van der Waals surface area contributed by atoms with Crippen molar-refractivity contribution in [3.8, 4) is 0 Å². The van der Waals surface area contributed by atoms with Crippen LogP contribution in [0, 0.1) is 5.41 Å². The van der Waals surface area contributed by atoms with Crippen molar-refractivity contribution in [1.82, 2.24) is 10.0 Å². The molecule has 21 heavy (non-hydrogen) atoms. The van der Waals surface area contributed by atoms with Crippen molar-refractivity contribution < 1.29 is 8.42 Å². The minimum Gasteiger partial charge on any atom is -0.312 e. The standard InChI is InChI=1S/C14H20Cl2N2O2S/c1-14(2)7-4-8-17-12(14)9-18-21(19,20)11-6-3-5-10(15)13(11)16/h3,5-6,12,17-18H,4,7-9H2,1-2H3. The molecule has 0 saturated carbocycles. The zero-order valence-electron chi connectivity index (χ0n) is 12.1. The van der Waals surface area contributed by atoms with Crippen LogP contribution in [0.5, 0.6) is 0 Å². The Morgan fingerprint density at radius 3 is 2.76 bits per heavy atom. The fourth-order valence-corrected chi connectivity index (χ4v) is 4.39. The van der Waals surface area contributed by atoms with Crippen molar-refractivity contribution >= 4 is 33.2 Å². The lowest BCUT2D eigenvalue weighted by molar-refractivity contribution is 0.181. The minimum atomic E-state index is -3.67. The summed E-state index contributed by atoms with van der Waals surface area (Å²) in [5, 5.41) is 3.66. The minimum absolute atomic E-state index is 0.0188. The molecule has 1 aliphatic heterocycles. The maximum Gasteiger partial charge on any atom is 0.242 e. The fourth-order valence-electron chi connectivity index (χ4n) is 2.58. The monoisotopic (exact) mass is 350 g/mol. The van der Waals surface area contributed by atoms with Gasteiger partial charge in [-0.1, -0.05) is 43.1 Å². The van der Waals surface area contributed by atoms with E-state index in [2.05, 4.69) is 23.9 Å². The summed E-state index contributed by atoms with van der Waals surface area (Å²) >= 11 is 11.9. The first-order valence-corrected chi connectivity index (χ1v) is 9.15. The van der Waals surface area contributed by atoms with Gasteiger partial charge in [0.1, 0.15) is 4.90 Å². The lowest BCUT2D eigenvalue weighted by Gasteiger charge is -2.39. The van der Waals surface area contributed by atoms with Gasteiger partial charge in [0.2, 0.25) is 10.0 Å². The molecule has 1 aromatic rings. The van der Waals surface area contributed by atoms with E-state index in [0.717, 1.165) is 19.4 Å². The van der Waals surface area contributed by atoms with Gasteiger partial charge in [-0.2, -0.15) is 0 Å². The predicted molar refractivity (Wildman–Crippen MR) is 86.5 cm³/mol. The first-order chi connectivity index (χ1) is 9.74. The second-order valence-electron chi connectivity index (χ2n) is 6.00. The number of rotatable bonds is 4. The molecule has 2 N–H and O–H groups in total.